The summed E-state index contributed by atoms with van der Waals surface area (Å²) in [5.41, 5.74) is 0. The maximum Gasteiger partial charge on any atom is 0.298 e. The molecule has 0 bridgehead atoms. The molecule has 1 amide bonds. The fraction of sp³-hybridized carbons (Fsp3) is 0.727. The highest BCUT2D eigenvalue weighted by Gasteiger charge is 2.24. The molecule has 0 aromatic carbocycles. The minimum absolute atomic E-state index is 0.0209. The number of piperidine rings is 1. The lowest BCUT2D eigenvalue weighted by molar-refractivity contribution is -0.128. The number of hydrogen-bond acceptors (Lipinski definition) is 2. The molecule has 1 unspecified atom stereocenters. The van der Waals surface area contributed by atoms with Crippen LogP contribution in [-0.2, 0) is 4.79 Å². The topological polar surface area (TPSA) is 32.3 Å². The quantitative estimate of drug-likeness (QED) is 0.653. The van der Waals surface area contributed by atoms with Crippen LogP contribution in [0.4, 0.5) is 0 Å². The van der Waals surface area contributed by atoms with Crippen LogP contribution in [0.1, 0.15) is 26.2 Å². The predicted octanol–water partition coefficient (Wildman–Crippen LogP) is 0.610. The van der Waals surface area contributed by atoms with E-state index in [1.165, 1.54) is 6.42 Å². The SMILES string of the molecule is CC#CC(=O)N1CCCCC1CNC. The number of hydrogen-bond donors (Lipinski definition) is 1. The minimum atomic E-state index is -0.0209. The van der Waals surface area contributed by atoms with Gasteiger partial charge in [0.25, 0.3) is 5.91 Å². The van der Waals surface area contributed by atoms with Gasteiger partial charge in [-0.05, 0) is 39.2 Å². The molecule has 78 valence electrons. The van der Waals surface area contributed by atoms with Crippen molar-refractivity contribution in [1.29, 1.82) is 0 Å². The van der Waals surface area contributed by atoms with Gasteiger partial charge in [-0.3, -0.25) is 4.79 Å². The van der Waals surface area contributed by atoms with Gasteiger partial charge in [0.2, 0.25) is 0 Å². The average Bonchev–Trinajstić information content (AvgIpc) is 2.19. The van der Waals surface area contributed by atoms with Crippen molar-refractivity contribution < 1.29 is 4.79 Å². The molecule has 3 heteroatoms. The van der Waals surface area contributed by atoms with Crippen molar-refractivity contribution in [1.82, 2.24) is 10.2 Å². The van der Waals surface area contributed by atoms with Crippen LogP contribution in [0, 0.1) is 11.8 Å². The molecule has 1 N–H and O–H groups in total. The first-order chi connectivity index (χ1) is 6.79. The zero-order valence-electron chi connectivity index (χ0n) is 8.97. The Balaban J connectivity index is 2.60. The molecule has 1 aliphatic rings. The van der Waals surface area contributed by atoms with Crippen LogP contribution >= 0.6 is 0 Å². The van der Waals surface area contributed by atoms with Crippen LogP contribution in [0.5, 0.6) is 0 Å². The second-order valence-corrected chi connectivity index (χ2v) is 3.58. The third-order valence-electron chi connectivity index (χ3n) is 2.56. The van der Waals surface area contributed by atoms with Gasteiger partial charge < -0.3 is 10.2 Å². The molecule has 1 saturated heterocycles. The maximum atomic E-state index is 11.6. The fourth-order valence-electron chi connectivity index (χ4n) is 1.89. The number of amides is 1. The molecule has 1 atom stereocenters. The Morgan fingerprint density at radius 2 is 2.36 bits per heavy atom. The Bertz CT molecular complexity index is 250. The van der Waals surface area contributed by atoms with E-state index in [0.29, 0.717) is 6.04 Å². The number of likely N-dealkylation sites (N-methyl/N-ethyl adjacent to an activating group) is 1. The second kappa shape index (κ2) is 5.66. The zero-order valence-corrected chi connectivity index (χ0v) is 8.97. The van der Waals surface area contributed by atoms with Gasteiger partial charge in [-0.25, -0.2) is 0 Å². The van der Waals surface area contributed by atoms with Crippen molar-refractivity contribution in [3.63, 3.8) is 0 Å². The van der Waals surface area contributed by atoms with Gasteiger partial charge in [0.1, 0.15) is 0 Å². The van der Waals surface area contributed by atoms with E-state index in [1.54, 1.807) is 6.92 Å². The second-order valence-electron chi connectivity index (χ2n) is 3.58. The Kier molecular flexibility index (Phi) is 4.48. The maximum absolute atomic E-state index is 11.6. The van der Waals surface area contributed by atoms with Gasteiger partial charge in [0.05, 0.1) is 0 Å². The lowest BCUT2D eigenvalue weighted by Crippen LogP contribution is -2.47. The first-order valence-electron chi connectivity index (χ1n) is 5.17. The summed E-state index contributed by atoms with van der Waals surface area (Å²) in [6.07, 6.45) is 3.42. The van der Waals surface area contributed by atoms with E-state index in [4.69, 9.17) is 0 Å². The number of nitrogens with zero attached hydrogens (tertiary/aromatic N) is 1. The number of rotatable bonds is 2. The van der Waals surface area contributed by atoms with Crippen LogP contribution in [0.3, 0.4) is 0 Å². The van der Waals surface area contributed by atoms with Gasteiger partial charge in [0, 0.05) is 19.1 Å². The van der Waals surface area contributed by atoms with Crippen LogP contribution in [-0.4, -0.2) is 37.0 Å². The fourth-order valence-corrected chi connectivity index (χ4v) is 1.89. The van der Waals surface area contributed by atoms with E-state index >= 15 is 0 Å². The summed E-state index contributed by atoms with van der Waals surface area (Å²) in [6, 6.07) is 0.335. The monoisotopic (exact) mass is 194 g/mol. The van der Waals surface area contributed by atoms with Crippen molar-refractivity contribution in [3.8, 4) is 11.8 Å². The van der Waals surface area contributed by atoms with E-state index in [1.807, 2.05) is 11.9 Å². The van der Waals surface area contributed by atoms with Gasteiger partial charge >= 0.3 is 0 Å². The minimum Gasteiger partial charge on any atom is -0.328 e. The summed E-state index contributed by atoms with van der Waals surface area (Å²) < 4.78 is 0. The predicted molar refractivity (Wildman–Crippen MR) is 56.7 cm³/mol. The molecular weight excluding hydrogens is 176 g/mol. The highest BCUT2D eigenvalue weighted by molar-refractivity contribution is 5.93. The third-order valence-corrected chi connectivity index (χ3v) is 2.56. The molecule has 1 heterocycles. The van der Waals surface area contributed by atoms with Crippen molar-refractivity contribution >= 4 is 5.91 Å². The lowest BCUT2D eigenvalue weighted by atomic mass is 10.0. The van der Waals surface area contributed by atoms with Crippen molar-refractivity contribution in [2.24, 2.45) is 0 Å². The van der Waals surface area contributed by atoms with Crippen LogP contribution in [0.25, 0.3) is 0 Å². The Hall–Kier alpha value is -1.01. The Morgan fingerprint density at radius 3 is 3.00 bits per heavy atom. The largest absolute Gasteiger partial charge is 0.328 e. The third kappa shape index (κ3) is 2.74. The van der Waals surface area contributed by atoms with Crippen LogP contribution < -0.4 is 5.32 Å². The first kappa shape index (κ1) is 11.1. The number of likely N-dealkylation sites (tertiary alicyclic amines) is 1. The molecule has 0 saturated carbocycles. The molecule has 0 aliphatic carbocycles. The number of carbonyl (C=O) groups is 1. The lowest BCUT2D eigenvalue weighted by Gasteiger charge is -2.34. The molecule has 1 fully saturated rings. The van der Waals surface area contributed by atoms with E-state index < -0.39 is 0 Å². The van der Waals surface area contributed by atoms with Crippen LogP contribution in [0.15, 0.2) is 0 Å². The highest BCUT2D eigenvalue weighted by atomic mass is 16.2. The molecule has 0 radical (unpaired) electrons. The number of carbonyl (C=O) groups excluding carboxylic acids is 1. The van der Waals surface area contributed by atoms with Crippen molar-refractivity contribution in [2.75, 3.05) is 20.1 Å². The average molecular weight is 194 g/mol. The molecule has 0 aromatic heterocycles. The van der Waals surface area contributed by atoms with Gasteiger partial charge in [0.15, 0.2) is 0 Å². The Morgan fingerprint density at radius 1 is 1.57 bits per heavy atom. The van der Waals surface area contributed by atoms with Crippen molar-refractivity contribution in [2.45, 2.75) is 32.2 Å². The highest BCUT2D eigenvalue weighted by Crippen LogP contribution is 2.16. The first-order valence-corrected chi connectivity index (χ1v) is 5.17. The molecule has 0 spiro atoms. The molecule has 3 nitrogen and oxygen atoms in total. The zero-order chi connectivity index (χ0) is 10.4. The molecule has 1 rings (SSSR count). The standard InChI is InChI=1S/C11H18N2O/c1-3-6-11(14)13-8-5-4-7-10(13)9-12-2/h10,12H,4-5,7-9H2,1-2H3. The van der Waals surface area contributed by atoms with E-state index in [0.717, 1.165) is 25.9 Å². The Labute approximate surface area is 85.9 Å². The summed E-state index contributed by atoms with van der Waals surface area (Å²) in [4.78, 5) is 13.5. The number of nitrogens with one attached hydrogen (secondary N) is 1. The summed E-state index contributed by atoms with van der Waals surface area (Å²) in [5.74, 6) is 5.26. The summed E-state index contributed by atoms with van der Waals surface area (Å²) >= 11 is 0. The smallest absolute Gasteiger partial charge is 0.298 e. The van der Waals surface area contributed by atoms with Gasteiger partial charge in [-0.2, -0.15) is 0 Å². The summed E-state index contributed by atoms with van der Waals surface area (Å²) in [5, 5.41) is 3.12. The van der Waals surface area contributed by atoms with E-state index in [9.17, 15) is 4.79 Å². The molecule has 1 aliphatic heterocycles. The normalized spacial score (nSPS) is 21.3. The van der Waals surface area contributed by atoms with Crippen LogP contribution in [0.2, 0.25) is 0 Å². The van der Waals surface area contributed by atoms with E-state index in [2.05, 4.69) is 17.2 Å². The van der Waals surface area contributed by atoms with Gasteiger partial charge in [-0.1, -0.05) is 5.92 Å². The molecule has 0 aromatic rings. The van der Waals surface area contributed by atoms with E-state index in [-0.39, 0.29) is 5.91 Å². The molecule has 14 heavy (non-hydrogen) atoms. The summed E-state index contributed by atoms with van der Waals surface area (Å²) in [6.45, 7) is 3.44. The van der Waals surface area contributed by atoms with Crippen molar-refractivity contribution in [3.05, 3.63) is 0 Å². The summed E-state index contributed by atoms with van der Waals surface area (Å²) in [7, 11) is 1.92. The van der Waals surface area contributed by atoms with Gasteiger partial charge in [-0.15, -0.1) is 0 Å². The molecular formula is C11H18N2O.